The quantitative estimate of drug-likeness (QED) is 0.559. The van der Waals surface area contributed by atoms with E-state index in [2.05, 4.69) is 41.9 Å². The molecule has 15 heavy (non-hydrogen) atoms. The molecule has 0 unspecified atom stereocenters. The predicted octanol–water partition coefficient (Wildman–Crippen LogP) is 3.21. The molecule has 0 radical (unpaired) electrons. The van der Waals surface area contributed by atoms with E-state index in [4.69, 9.17) is 0 Å². The number of rotatable bonds is 0. The Morgan fingerprint density at radius 1 is 0.867 bits per heavy atom. The molecular formula is C15H10. The Hall–Kier alpha value is -2.18. The number of fused-ring (bicyclic) bond motifs is 1. The van der Waals surface area contributed by atoms with Gasteiger partial charge in [0.25, 0.3) is 0 Å². The normalized spacial score (nSPS) is 8.60. The maximum atomic E-state index is 3.06. The highest BCUT2D eigenvalue weighted by Gasteiger charge is 1.95. The molecule has 2 aromatic carbocycles. The summed E-state index contributed by atoms with van der Waals surface area (Å²) in [6.07, 6.45) is 0. The van der Waals surface area contributed by atoms with Crippen LogP contribution in [0.3, 0.4) is 0 Å². The van der Waals surface area contributed by atoms with Gasteiger partial charge in [0.1, 0.15) is 0 Å². The zero-order valence-electron chi connectivity index (χ0n) is 8.54. The first-order chi connectivity index (χ1) is 7.42. The second-order valence-corrected chi connectivity index (χ2v) is 3.15. The molecule has 0 heterocycles. The molecule has 0 saturated heterocycles. The summed E-state index contributed by atoms with van der Waals surface area (Å²) in [6.45, 7) is 1.79. The van der Waals surface area contributed by atoms with E-state index in [1.165, 1.54) is 10.8 Å². The fraction of sp³-hybridized carbons (Fsp3) is 0.0667. The lowest BCUT2D eigenvalue weighted by atomic mass is 10.1. The van der Waals surface area contributed by atoms with Gasteiger partial charge in [-0.1, -0.05) is 48.2 Å². The van der Waals surface area contributed by atoms with Gasteiger partial charge < -0.3 is 0 Å². The van der Waals surface area contributed by atoms with Crippen LogP contribution < -0.4 is 0 Å². The maximum absolute atomic E-state index is 3.06. The van der Waals surface area contributed by atoms with E-state index in [9.17, 15) is 0 Å². The average molecular weight is 190 g/mol. The highest BCUT2D eigenvalue weighted by Crippen LogP contribution is 2.17. The predicted molar refractivity (Wildman–Crippen MR) is 64.3 cm³/mol. The topological polar surface area (TPSA) is 0 Å². The lowest BCUT2D eigenvalue weighted by molar-refractivity contribution is 1.70. The third kappa shape index (κ3) is 2.01. The van der Waals surface area contributed by atoms with Crippen molar-refractivity contribution in [2.45, 2.75) is 6.92 Å². The van der Waals surface area contributed by atoms with E-state index in [-0.39, 0.29) is 0 Å². The minimum Gasteiger partial charge on any atom is -0.0925 e. The van der Waals surface area contributed by atoms with Crippen LogP contribution in [0.5, 0.6) is 0 Å². The molecule has 2 aromatic rings. The van der Waals surface area contributed by atoms with Crippen molar-refractivity contribution in [3.05, 3.63) is 48.0 Å². The first-order valence-electron chi connectivity index (χ1n) is 4.82. The Bertz CT molecular complexity index is 593. The molecule has 0 atom stereocenters. The number of hydrogen-bond acceptors (Lipinski definition) is 0. The van der Waals surface area contributed by atoms with Gasteiger partial charge in [-0.15, -0.1) is 0 Å². The summed E-state index contributed by atoms with van der Waals surface area (Å²) >= 11 is 0. The van der Waals surface area contributed by atoms with Crippen molar-refractivity contribution in [1.29, 1.82) is 0 Å². The third-order valence-corrected chi connectivity index (χ3v) is 2.17. The molecule has 0 aliphatic heterocycles. The van der Waals surface area contributed by atoms with Crippen molar-refractivity contribution < 1.29 is 0 Å². The second kappa shape index (κ2) is 4.36. The molecule has 70 valence electrons. The van der Waals surface area contributed by atoms with Gasteiger partial charge in [-0.05, 0) is 35.6 Å². The van der Waals surface area contributed by atoms with Gasteiger partial charge in [0.05, 0.1) is 0 Å². The lowest BCUT2D eigenvalue weighted by Gasteiger charge is -1.98. The minimum atomic E-state index is 1.04. The summed E-state index contributed by atoms with van der Waals surface area (Å²) in [7, 11) is 0. The van der Waals surface area contributed by atoms with Crippen molar-refractivity contribution in [1.82, 2.24) is 0 Å². The molecular weight excluding hydrogens is 180 g/mol. The van der Waals surface area contributed by atoms with Crippen LogP contribution in [-0.4, -0.2) is 0 Å². The van der Waals surface area contributed by atoms with Crippen LogP contribution >= 0.6 is 0 Å². The van der Waals surface area contributed by atoms with Gasteiger partial charge >= 0.3 is 0 Å². The third-order valence-electron chi connectivity index (χ3n) is 2.17. The maximum Gasteiger partial charge on any atom is 0.0334 e. The molecule has 0 aliphatic carbocycles. The molecule has 0 aliphatic rings. The Balaban J connectivity index is 2.61. The fourth-order valence-electron chi connectivity index (χ4n) is 1.50. The number of benzene rings is 2. The van der Waals surface area contributed by atoms with Crippen molar-refractivity contribution in [3.63, 3.8) is 0 Å². The number of hydrogen-bond donors (Lipinski definition) is 0. The van der Waals surface area contributed by atoms with E-state index >= 15 is 0 Å². The van der Waals surface area contributed by atoms with E-state index < -0.39 is 0 Å². The van der Waals surface area contributed by atoms with Crippen LogP contribution in [0.1, 0.15) is 12.5 Å². The highest BCUT2D eigenvalue weighted by molar-refractivity contribution is 5.88. The zero-order valence-corrected chi connectivity index (χ0v) is 8.54. The highest BCUT2D eigenvalue weighted by atomic mass is 14.0. The van der Waals surface area contributed by atoms with Crippen LogP contribution in [0.25, 0.3) is 10.8 Å². The Morgan fingerprint density at radius 2 is 1.67 bits per heavy atom. The smallest absolute Gasteiger partial charge is 0.0334 e. The average Bonchev–Trinajstić information content (AvgIpc) is 2.30. The van der Waals surface area contributed by atoms with Crippen molar-refractivity contribution in [2.24, 2.45) is 0 Å². The Kier molecular flexibility index (Phi) is 2.72. The van der Waals surface area contributed by atoms with Gasteiger partial charge in [-0.3, -0.25) is 0 Å². The molecule has 0 bridgehead atoms. The van der Waals surface area contributed by atoms with Gasteiger partial charge in [-0.2, -0.15) is 0 Å². The van der Waals surface area contributed by atoms with Crippen LogP contribution in [0, 0.1) is 23.7 Å². The molecule has 0 spiro atoms. The van der Waals surface area contributed by atoms with Crippen LogP contribution in [-0.2, 0) is 0 Å². The summed E-state index contributed by atoms with van der Waals surface area (Å²) in [6, 6.07) is 14.4. The van der Waals surface area contributed by atoms with Gasteiger partial charge in [0, 0.05) is 5.56 Å². The summed E-state index contributed by atoms with van der Waals surface area (Å²) in [4.78, 5) is 0. The van der Waals surface area contributed by atoms with E-state index in [1.54, 1.807) is 6.92 Å². The summed E-state index contributed by atoms with van der Waals surface area (Å²) in [5, 5.41) is 2.40. The fourth-order valence-corrected chi connectivity index (χ4v) is 1.50. The van der Waals surface area contributed by atoms with E-state index in [0.717, 1.165) is 5.56 Å². The van der Waals surface area contributed by atoms with Gasteiger partial charge in [0.2, 0.25) is 0 Å². The Labute approximate surface area is 89.9 Å². The van der Waals surface area contributed by atoms with Crippen LogP contribution in [0.4, 0.5) is 0 Å². The van der Waals surface area contributed by atoms with E-state index in [0.29, 0.717) is 0 Å². The molecule has 2 rings (SSSR count). The Morgan fingerprint density at radius 3 is 2.53 bits per heavy atom. The van der Waals surface area contributed by atoms with Crippen LogP contribution in [0.2, 0.25) is 0 Å². The summed E-state index contributed by atoms with van der Waals surface area (Å²) in [5.41, 5.74) is 1.04. The first-order valence-corrected chi connectivity index (χ1v) is 4.82. The molecule has 0 N–H and O–H groups in total. The molecule has 0 nitrogen and oxygen atoms in total. The zero-order chi connectivity index (χ0) is 10.5. The monoisotopic (exact) mass is 190 g/mol. The van der Waals surface area contributed by atoms with E-state index in [1.807, 2.05) is 24.3 Å². The molecule has 0 amide bonds. The van der Waals surface area contributed by atoms with Crippen molar-refractivity contribution in [2.75, 3.05) is 0 Å². The largest absolute Gasteiger partial charge is 0.0925 e. The molecule has 0 fully saturated rings. The van der Waals surface area contributed by atoms with Crippen molar-refractivity contribution >= 4 is 10.8 Å². The second-order valence-electron chi connectivity index (χ2n) is 3.15. The van der Waals surface area contributed by atoms with Gasteiger partial charge in [-0.25, -0.2) is 0 Å². The molecule has 0 saturated carbocycles. The standard InChI is InChI=1S/C15H10/c1-2-3-4-8-13-10-7-11-14-9-5-6-12-15(13)14/h5-7,9-12H,1H3. The SMILES string of the molecule is CC#CC#Cc1cccc2ccccc12. The summed E-state index contributed by atoms with van der Waals surface area (Å²) in [5.74, 6) is 11.4. The van der Waals surface area contributed by atoms with Crippen molar-refractivity contribution in [3.8, 4) is 23.7 Å². The first kappa shape index (κ1) is 9.38. The van der Waals surface area contributed by atoms with Crippen LogP contribution in [0.15, 0.2) is 42.5 Å². The lowest BCUT2D eigenvalue weighted by Crippen LogP contribution is -1.78. The molecule has 0 aromatic heterocycles. The minimum absolute atomic E-state index is 1.04. The summed E-state index contributed by atoms with van der Waals surface area (Å²) < 4.78 is 0. The molecule has 0 heteroatoms. The van der Waals surface area contributed by atoms with Gasteiger partial charge in [0.15, 0.2) is 0 Å².